The Hall–Kier alpha value is -2.79. The van der Waals surface area contributed by atoms with Gasteiger partial charge in [-0.05, 0) is 36.4 Å². The van der Waals surface area contributed by atoms with Crippen molar-refractivity contribution in [2.75, 3.05) is 12.4 Å². The highest BCUT2D eigenvalue weighted by Gasteiger charge is 2.10. The number of hydrogen-bond acceptors (Lipinski definition) is 3. The van der Waals surface area contributed by atoms with Crippen LogP contribution in [0.25, 0.3) is 5.69 Å². The van der Waals surface area contributed by atoms with Gasteiger partial charge in [0.15, 0.2) is 0 Å². The summed E-state index contributed by atoms with van der Waals surface area (Å²) in [4.78, 5) is 12.3. The molecule has 0 saturated carbocycles. The molecular weight excluding hydrogens is 314 g/mol. The maximum Gasteiger partial charge on any atom is 0.258 e. The molecule has 6 heteroatoms. The SMILES string of the molecule is COc1cccc(NC(=O)c2cnn(-c3ccc(Cl)cc3)c2)c1. The van der Waals surface area contributed by atoms with Crippen molar-refractivity contribution >= 4 is 23.2 Å². The lowest BCUT2D eigenvalue weighted by molar-refractivity contribution is 0.102. The monoisotopic (exact) mass is 327 g/mol. The molecule has 1 N–H and O–H groups in total. The van der Waals surface area contributed by atoms with E-state index in [1.165, 1.54) is 6.20 Å². The van der Waals surface area contributed by atoms with Crippen molar-refractivity contribution in [3.05, 3.63) is 71.5 Å². The third-order valence-corrected chi connectivity index (χ3v) is 3.52. The van der Waals surface area contributed by atoms with Crippen LogP contribution in [0.5, 0.6) is 5.75 Å². The molecule has 0 saturated heterocycles. The average molecular weight is 328 g/mol. The van der Waals surface area contributed by atoms with Crippen LogP contribution in [0.2, 0.25) is 5.02 Å². The molecule has 0 radical (unpaired) electrons. The van der Waals surface area contributed by atoms with E-state index in [0.29, 0.717) is 22.0 Å². The zero-order valence-electron chi connectivity index (χ0n) is 12.4. The minimum atomic E-state index is -0.238. The molecule has 3 aromatic rings. The first kappa shape index (κ1) is 15.1. The van der Waals surface area contributed by atoms with E-state index in [0.717, 1.165) is 5.69 Å². The quantitative estimate of drug-likeness (QED) is 0.793. The van der Waals surface area contributed by atoms with Gasteiger partial charge in [0.2, 0.25) is 0 Å². The fourth-order valence-corrected chi connectivity index (χ4v) is 2.21. The molecule has 23 heavy (non-hydrogen) atoms. The molecule has 0 fully saturated rings. The number of methoxy groups -OCH3 is 1. The number of anilines is 1. The maximum atomic E-state index is 12.3. The van der Waals surface area contributed by atoms with Gasteiger partial charge in [-0.1, -0.05) is 17.7 Å². The molecular formula is C17H14ClN3O2. The van der Waals surface area contributed by atoms with Crippen LogP contribution in [0.15, 0.2) is 60.9 Å². The molecule has 0 aliphatic rings. The number of aromatic nitrogens is 2. The Morgan fingerprint density at radius 2 is 2.00 bits per heavy atom. The van der Waals surface area contributed by atoms with Crippen LogP contribution in [-0.2, 0) is 0 Å². The predicted octanol–water partition coefficient (Wildman–Crippen LogP) is 3.79. The summed E-state index contributed by atoms with van der Waals surface area (Å²) in [7, 11) is 1.58. The number of carbonyl (C=O) groups excluding carboxylic acids is 1. The molecule has 5 nitrogen and oxygen atoms in total. The van der Waals surface area contributed by atoms with Gasteiger partial charge in [-0.3, -0.25) is 4.79 Å². The van der Waals surface area contributed by atoms with Crippen LogP contribution < -0.4 is 10.1 Å². The first-order valence-electron chi connectivity index (χ1n) is 6.92. The van der Waals surface area contributed by atoms with E-state index in [9.17, 15) is 4.79 Å². The Balaban J connectivity index is 1.76. The van der Waals surface area contributed by atoms with Crippen LogP contribution in [0.4, 0.5) is 5.69 Å². The minimum absolute atomic E-state index is 0.238. The summed E-state index contributed by atoms with van der Waals surface area (Å²) in [6.07, 6.45) is 3.18. The Morgan fingerprint density at radius 3 is 2.74 bits per heavy atom. The molecule has 0 aliphatic carbocycles. The van der Waals surface area contributed by atoms with Gasteiger partial charge >= 0.3 is 0 Å². The normalized spacial score (nSPS) is 10.3. The first-order valence-corrected chi connectivity index (χ1v) is 7.29. The largest absolute Gasteiger partial charge is 0.497 e. The van der Waals surface area contributed by atoms with Crippen molar-refractivity contribution in [2.45, 2.75) is 0 Å². The highest BCUT2D eigenvalue weighted by Crippen LogP contribution is 2.18. The van der Waals surface area contributed by atoms with Crippen LogP contribution in [0.3, 0.4) is 0 Å². The van der Waals surface area contributed by atoms with Gasteiger partial charge in [-0.2, -0.15) is 5.10 Å². The fraction of sp³-hybridized carbons (Fsp3) is 0.0588. The smallest absolute Gasteiger partial charge is 0.258 e. The third kappa shape index (κ3) is 3.52. The molecule has 0 aliphatic heterocycles. The number of carbonyl (C=O) groups is 1. The summed E-state index contributed by atoms with van der Waals surface area (Å²) in [6, 6.07) is 14.4. The molecule has 1 amide bonds. The van der Waals surface area contributed by atoms with Crippen LogP contribution >= 0.6 is 11.6 Å². The van der Waals surface area contributed by atoms with Gasteiger partial charge in [0.25, 0.3) is 5.91 Å². The van der Waals surface area contributed by atoms with E-state index in [1.807, 2.05) is 24.3 Å². The minimum Gasteiger partial charge on any atom is -0.497 e. The first-order chi connectivity index (χ1) is 11.2. The average Bonchev–Trinajstić information content (AvgIpc) is 3.06. The van der Waals surface area contributed by atoms with Crippen molar-refractivity contribution in [3.63, 3.8) is 0 Å². The molecule has 1 aromatic heterocycles. The Kier molecular flexibility index (Phi) is 4.30. The molecule has 0 atom stereocenters. The van der Waals surface area contributed by atoms with Gasteiger partial charge in [0, 0.05) is 23.0 Å². The van der Waals surface area contributed by atoms with E-state index >= 15 is 0 Å². The lowest BCUT2D eigenvalue weighted by atomic mass is 10.2. The van der Waals surface area contributed by atoms with Crippen molar-refractivity contribution in [3.8, 4) is 11.4 Å². The van der Waals surface area contributed by atoms with Crippen LogP contribution in [-0.4, -0.2) is 22.8 Å². The molecule has 0 bridgehead atoms. The topological polar surface area (TPSA) is 56.1 Å². The summed E-state index contributed by atoms with van der Waals surface area (Å²) in [5.41, 5.74) is 1.95. The Bertz CT molecular complexity index is 828. The Morgan fingerprint density at radius 1 is 1.22 bits per heavy atom. The summed E-state index contributed by atoms with van der Waals surface area (Å²) < 4.78 is 6.76. The van der Waals surface area contributed by atoms with Crippen molar-refractivity contribution in [2.24, 2.45) is 0 Å². The van der Waals surface area contributed by atoms with Crippen molar-refractivity contribution in [1.29, 1.82) is 0 Å². The lowest BCUT2D eigenvalue weighted by Crippen LogP contribution is -2.11. The Labute approximate surface area is 138 Å². The van der Waals surface area contributed by atoms with Crippen LogP contribution in [0.1, 0.15) is 10.4 Å². The van der Waals surface area contributed by atoms with Crippen molar-refractivity contribution in [1.82, 2.24) is 9.78 Å². The van der Waals surface area contributed by atoms with E-state index in [-0.39, 0.29) is 5.91 Å². The lowest BCUT2D eigenvalue weighted by Gasteiger charge is -2.05. The number of hydrogen-bond donors (Lipinski definition) is 1. The van der Waals surface area contributed by atoms with Gasteiger partial charge in [-0.15, -0.1) is 0 Å². The second kappa shape index (κ2) is 6.54. The standard InChI is InChI=1S/C17H14ClN3O2/c1-23-16-4-2-3-14(9-16)20-17(22)12-10-19-21(11-12)15-7-5-13(18)6-8-15/h2-11H,1H3,(H,20,22). The number of ether oxygens (including phenoxy) is 1. The molecule has 1 heterocycles. The van der Waals surface area contributed by atoms with Gasteiger partial charge in [0.05, 0.1) is 24.6 Å². The van der Waals surface area contributed by atoms with Crippen molar-refractivity contribution < 1.29 is 9.53 Å². The highest BCUT2D eigenvalue weighted by atomic mass is 35.5. The fourth-order valence-electron chi connectivity index (χ4n) is 2.08. The summed E-state index contributed by atoms with van der Waals surface area (Å²) in [5.74, 6) is 0.443. The van der Waals surface area contributed by atoms with Gasteiger partial charge < -0.3 is 10.1 Å². The molecule has 116 valence electrons. The number of rotatable bonds is 4. The molecule has 0 unspecified atom stereocenters. The van der Waals surface area contributed by atoms with E-state index in [1.54, 1.807) is 42.3 Å². The zero-order chi connectivity index (χ0) is 16.2. The molecule has 2 aromatic carbocycles. The third-order valence-electron chi connectivity index (χ3n) is 3.26. The second-order valence-electron chi connectivity index (χ2n) is 4.84. The predicted molar refractivity (Wildman–Crippen MR) is 89.5 cm³/mol. The zero-order valence-corrected chi connectivity index (χ0v) is 13.1. The number of nitrogens with one attached hydrogen (secondary N) is 1. The van der Waals surface area contributed by atoms with Crippen LogP contribution in [0, 0.1) is 0 Å². The number of nitrogens with zero attached hydrogens (tertiary/aromatic N) is 2. The number of halogens is 1. The summed E-state index contributed by atoms with van der Waals surface area (Å²) in [5, 5.41) is 7.66. The van der Waals surface area contributed by atoms with Gasteiger partial charge in [0.1, 0.15) is 5.75 Å². The highest BCUT2D eigenvalue weighted by molar-refractivity contribution is 6.30. The second-order valence-corrected chi connectivity index (χ2v) is 5.27. The molecule has 3 rings (SSSR count). The van der Waals surface area contributed by atoms with E-state index in [4.69, 9.17) is 16.3 Å². The number of benzene rings is 2. The number of amides is 1. The van der Waals surface area contributed by atoms with Gasteiger partial charge in [-0.25, -0.2) is 4.68 Å². The summed E-state index contributed by atoms with van der Waals surface area (Å²) in [6.45, 7) is 0. The van der Waals surface area contributed by atoms with E-state index < -0.39 is 0 Å². The molecule has 0 spiro atoms. The maximum absolute atomic E-state index is 12.3. The van der Waals surface area contributed by atoms with E-state index in [2.05, 4.69) is 10.4 Å². The summed E-state index contributed by atoms with van der Waals surface area (Å²) >= 11 is 5.87.